The molecular weight excluding hydrogens is 443 g/mol. The second-order valence-electron chi connectivity index (χ2n) is 9.26. The van der Waals surface area contributed by atoms with E-state index in [0.29, 0.717) is 44.9 Å². The first-order valence-corrected chi connectivity index (χ1v) is 11.3. The van der Waals surface area contributed by atoms with Gasteiger partial charge in [0.2, 0.25) is 12.4 Å². The lowest BCUT2D eigenvalue weighted by molar-refractivity contribution is -0.153. The minimum absolute atomic E-state index is 0.0356. The fraction of sp³-hybridized carbons (Fsp3) is 0.714. The van der Waals surface area contributed by atoms with E-state index in [2.05, 4.69) is 4.98 Å². The molecule has 3 unspecified atom stereocenters. The summed E-state index contributed by atoms with van der Waals surface area (Å²) in [6, 6.07) is -0.477. The van der Waals surface area contributed by atoms with E-state index in [1.165, 1.54) is 10.6 Å². The Balaban J connectivity index is 1.45. The summed E-state index contributed by atoms with van der Waals surface area (Å²) in [7, 11) is 0. The lowest BCUT2D eigenvalue weighted by Gasteiger charge is -2.40. The number of morpholine rings is 1. The number of halogens is 3. The first kappa shape index (κ1) is 22.2. The monoisotopic (exact) mass is 469 g/mol. The van der Waals surface area contributed by atoms with Gasteiger partial charge in [-0.1, -0.05) is 0 Å². The molecule has 12 heteroatoms. The molecule has 180 valence electrons. The third-order valence-electron chi connectivity index (χ3n) is 7.27. The highest BCUT2D eigenvalue weighted by molar-refractivity contribution is 5.85. The number of Topliss-reactive ketones (excluding diaryl/α,β-unsaturated/α-hetero) is 1. The molecule has 4 aliphatic heterocycles. The Morgan fingerprint density at radius 3 is 2.58 bits per heavy atom. The van der Waals surface area contributed by atoms with Gasteiger partial charge in [0.1, 0.15) is 11.9 Å². The van der Waals surface area contributed by atoms with Crippen LogP contribution in [0.25, 0.3) is 0 Å². The molecule has 3 saturated heterocycles. The molecule has 33 heavy (non-hydrogen) atoms. The van der Waals surface area contributed by atoms with Gasteiger partial charge in [0.15, 0.2) is 5.78 Å². The van der Waals surface area contributed by atoms with E-state index in [-0.39, 0.29) is 36.8 Å². The maximum atomic E-state index is 14.0. The van der Waals surface area contributed by atoms with Crippen molar-refractivity contribution in [2.45, 2.75) is 56.6 Å². The summed E-state index contributed by atoms with van der Waals surface area (Å²) in [5, 5.41) is 0. The van der Waals surface area contributed by atoms with Crippen molar-refractivity contribution in [2.75, 3.05) is 42.6 Å². The third kappa shape index (κ3) is 4.09. The molecule has 5 rings (SSSR count). The lowest BCUT2D eigenvalue weighted by Crippen LogP contribution is -2.55. The van der Waals surface area contributed by atoms with Crippen LogP contribution in [-0.2, 0) is 20.9 Å². The van der Waals surface area contributed by atoms with Gasteiger partial charge in [-0.05, 0) is 25.7 Å². The molecule has 3 atom stereocenters. The molecule has 0 aliphatic carbocycles. The van der Waals surface area contributed by atoms with Crippen LogP contribution in [0.5, 0.6) is 0 Å². The highest BCUT2D eigenvalue weighted by Gasteiger charge is 2.48. The molecule has 3 fully saturated rings. The van der Waals surface area contributed by atoms with Crippen molar-refractivity contribution in [1.82, 2.24) is 14.5 Å². The van der Waals surface area contributed by atoms with Crippen molar-refractivity contribution >= 4 is 24.0 Å². The van der Waals surface area contributed by atoms with Gasteiger partial charge in [0.25, 0.3) is 5.56 Å². The van der Waals surface area contributed by atoms with Crippen LogP contribution in [-0.4, -0.2) is 83.8 Å². The molecule has 0 spiro atoms. The number of piperidine rings is 1. The molecule has 5 heterocycles. The number of carbonyl (C=O) groups is 2. The molecule has 0 radical (unpaired) electrons. The number of likely N-dealkylation sites (tertiary alicyclic amines) is 1. The number of fused-ring (bicyclic) bond motifs is 3. The molecule has 1 aromatic rings. The summed E-state index contributed by atoms with van der Waals surface area (Å²) in [5.74, 6) is -0.515. The van der Waals surface area contributed by atoms with E-state index in [1.807, 2.05) is 4.90 Å². The quantitative estimate of drug-likeness (QED) is 0.590. The van der Waals surface area contributed by atoms with E-state index >= 15 is 0 Å². The van der Waals surface area contributed by atoms with E-state index in [0.717, 1.165) is 17.7 Å². The number of amides is 1. The van der Waals surface area contributed by atoms with Gasteiger partial charge in [-0.3, -0.25) is 19.0 Å². The minimum Gasteiger partial charge on any atom is -0.374 e. The van der Waals surface area contributed by atoms with Crippen molar-refractivity contribution in [2.24, 2.45) is 5.92 Å². The predicted molar refractivity (Wildman–Crippen MR) is 111 cm³/mol. The fourth-order valence-corrected chi connectivity index (χ4v) is 5.43. The molecule has 0 N–H and O–H groups in total. The fourth-order valence-electron chi connectivity index (χ4n) is 5.43. The van der Waals surface area contributed by atoms with Crippen molar-refractivity contribution in [3.63, 3.8) is 0 Å². The number of aromatic nitrogens is 2. The molecular formula is C21H26F3N5O4. The zero-order valence-electron chi connectivity index (χ0n) is 18.0. The summed E-state index contributed by atoms with van der Waals surface area (Å²) in [6.07, 6.45) is -2.51. The van der Waals surface area contributed by atoms with E-state index in [1.54, 1.807) is 4.90 Å². The van der Waals surface area contributed by atoms with Crippen LogP contribution >= 0.6 is 0 Å². The second kappa shape index (κ2) is 8.30. The smallest absolute Gasteiger partial charge is 0.374 e. The Kier molecular flexibility index (Phi) is 5.58. The summed E-state index contributed by atoms with van der Waals surface area (Å²) < 4.78 is 48.7. The summed E-state index contributed by atoms with van der Waals surface area (Å²) >= 11 is 0. The second-order valence-corrected chi connectivity index (χ2v) is 9.26. The maximum Gasteiger partial charge on any atom is 0.408 e. The number of nitrogens with zero attached hydrogens (tertiary/aromatic N) is 5. The Bertz CT molecular complexity index is 991. The van der Waals surface area contributed by atoms with Crippen LogP contribution < -0.4 is 15.4 Å². The van der Waals surface area contributed by atoms with E-state index in [9.17, 15) is 27.6 Å². The van der Waals surface area contributed by atoms with Crippen molar-refractivity contribution in [1.29, 1.82) is 0 Å². The van der Waals surface area contributed by atoms with Crippen molar-refractivity contribution in [3.8, 4) is 0 Å². The Hall–Kier alpha value is -2.63. The van der Waals surface area contributed by atoms with Crippen LogP contribution in [0.2, 0.25) is 0 Å². The van der Waals surface area contributed by atoms with Gasteiger partial charge in [-0.2, -0.15) is 18.2 Å². The molecule has 2 bridgehead atoms. The largest absolute Gasteiger partial charge is 0.408 e. The Morgan fingerprint density at radius 2 is 1.97 bits per heavy atom. The molecule has 1 amide bonds. The van der Waals surface area contributed by atoms with Crippen LogP contribution in [0, 0.1) is 5.92 Å². The normalized spacial score (nSPS) is 27.7. The van der Waals surface area contributed by atoms with Crippen LogP contribution in [0.1, 0.15) is 25.7 Å². The van der Waals surface area contributed by atoms with E-state index < -0.39 is 30.2 Å². The van der Waals surface area contributed by atoms with Gasteiger partial charge in [-0.15, -0.1) is 0 Å². The number of ketones is 1. The average Bonchev–Trinajstić information content (AvgIpc) is 3.42. The molecule has 9 nitrogen and oxygen atoms in total. The standard InChI is InChI=1S/C21H26F3N5O4/c22-21(23,24)17-3-6-27-19(32)8-18(28-9-15-7-14(28)11-33-15)25-20(27)29(17)10-16(31)13-1-4-26(12-30)5-2-13/h8,12-15,17H,1-7,9-11H2. The minimum atomic E-state index is -4.57. The van der Waals surface area contributed by atoms with Crippen LogP contribution in [0.3, 0.4) is 0 Å². The van der Waals surface area contributed by atoms with Crippen molar-refractivity contribution in [3.05, 3.63) is 16.4 Å². The zero-order valence-corrected chi connectivity index (χ0v) is 18.0. The highest BCUT2D eigenvalue weighted by atomic mass is 19.4. The van der Waals surface area contributed by atoms with Gasteiger partial charge in [0.05, 0.1) is 25.3 Å². The summed E-state index contributed by atoms with van der Waals surface area (Å²) in [4.78, 5) is 45.7. The van der Waals surface area contributed by atoms with Gasteiger partial charge in [-0.25, -0.2) is 0 Å². The number of hydrogen-bond acceptors (Lipinski definition) is 7. The molecule has 1 aromatic heterocycles. The predicted octanol–water partition coefficient (Wildman–Crippen LogP) is 0.799. The van der Waals surface area contributed by atoms with Crippen LogP contribution in [0.4, 0.5) is 24.9 Å². The number of ether oxygens (including phenoxy) is 1. The first-order chi connectivity index (χ1) is 15.7. The third-order valence-corrected chi connectivity index (χ3v) is 7.27. The van der Waals surface area contributed by atoms with Crippen LogP contribution in [0.15, 0.2) is 10.9 Å². The average molecular weight is 469 g/mol. The summed E-state index contributed by atoms with van der Waals surface area (Å²) in [5.41, 5.74) is -0.420. The number of rotatable bonds is 5. The van der Waals surface area contributed by atoms with Gasteiger partial charge >= 0.3 is 6.18 Å². The maximum absolute atomic E-state index is 14.0. The lowest BCUT2D eigenvalue weighted by atomic mass is 9.92. The first-order valence-electron chi connectivity index (χ1n) is 11.3. The van der Waals surface area contributed by atoms with Gasteiger partial charge in [0, 0.05) is 38.2 Å². The SMILES string of the molecule is O=CN1CCC(C(=O)CN2c3nc(N4CC5CC4CO5)cc(=O)n3CCC2C(F)(F)F)CC1. The molecule has 4 aliphatic rings. The molecule has 0 aromatic carbocycles. The molecule has 0 saturated carbocycles. The number of anilines is 2. The topological polar surface area (TPSA) is 88.0 Å². The van der Waals surface area contributed by atoms with E-state index in [4.69, 9.17) is 4.74 Å². The Morgan fingerprint density at radius 1 is 1.21 bits per heavy atom. The zero-order chi connectivity index (χ0) is 23.3. The number of carbonyl (C=O) groups excluding carboxylic acids is 2. The summed E-state index contributed by atoms with van der Waals surface area (Å²) in [6.45, 7) is 1.26. The Labute approximate surface area is 188 Å². The van der Waals surface area contributed by atoms with Gasteiger partial charge < -0.3 is 19.4 Å². The highest BCUT2D eigenvalue weighted by Crippen LogP contribution is 2.36. The number of alkyl halides is 3. The van der Waals surface area contributed by atoms with Crippen molar-refractivity contribution < 1.29 is 27.5 Å². The number of hydrogen-bond donors (Lipinski definition) is 0.